The number of rotatable bonds is 4. The molecule has 0 bridgehead atoms. The summed E-state index contributed by atoms with van der Waals surface area (Å²) < 4.78 is 1.89. The van der Waals surface area contributed by atoms with Gasteiger partial charge in [0.05, 0.1) is 16.3 Å². The Kier molecular flexibility index (Phi) is 4.16. The molecule has 5 nitrogen and oxygen atoms in total. The molecule has 0 saturated heterocycles. The topological polar surface area (TPSA) is 61.0 Å². The van der Waals surface area contributed by atoms with E-state index in [-0.39, 0.29) is 10.6 Å². The molecule has 5 heteroatoms. The third-order valence-corrected chi connectivity index (χ3v) is 4.23. The van der Waals surface area contributed by atoms with Crippen molar-refractivity contribution in [1.82, 2.24) is 9.78 Å². The standard InChI is InChI=1S/C19H19N3O2/c1-4-15-8-10-17(11-9-15)21-14(3)19(13(2)20-21)16-6-5-7-18(12-16)22(23)24/h5-12H,4H2,1-3H3. The fourth-order valence-corrected chi connectivity index (χ4v) is 2.96. The summed E-state index contributed by atoms with van der Waals surface area (Å²) >= 11 is 0. The van der Waals surface area contributed by atoms with Crippen molar-refractivity contribution < 1.29 is 4.92 Å². The Morgan fingerprint density at radius 1 is 1.12 bits per heavy atom. The zero-order valence-electron chi connectivity index (χ0n) is 14.0. The van der Waals surface area contributed by atoms with E-state index in [1.807, 2.05) is 24.6 Å². The lowest BCUT2D eigenvalue weighted by molar-refractivity contribution is -0.384. The number of nitrogens with zero attached hydrogens (tertiary/aromatic N) is 3. The maximum absolute atomic E-state index is 11.0. The first-order valence-electron chi connectivity index (χ1n) is 7.91. The first-order chi connectivity index (χ1) is 11.5. The van der Waals surface area contributed by atoms with Crippen molar-refractivity contribution >= 4 is 5.69 Å². The van der Waals surface area contributed by atoms with Gasteiger partial charge in [-0.05, 0) is 43.5 Å². The zero-order valence-corrected chi connectivity index (χ0v) is 14.0. The largest absolute Gasteiger partial charge is 0.270 e. The van der Waals surface area contributed by atoms with Crippen LogP contribution in [0.5, 0.6) is 0 Å². The first kappa shape index (κ1) is 15.9. The van der Waals surface area contributed by atoms with E-state index in [2.05, 4.69) is 36.3 Å². The summed E-state index contributed by atoms with van der Waals surface area (Å²) in [6.45, 7) is 6.04. The maximum atomic E-state index is 11.0. The van der Waals surface area contributed by atoms with E-state index in [4.69, 9.17) is 0 Å². The highest BCUT2D eigenvalue weighted by atomic mass is 16.6. The lowest BCUT2D eigenvalue weighted by Gasteiger charge is -2.07. The quantitative estimate of drug-likeness (QED) is 0.520. The highest BCUT2D eigenvalue weighted by molar-refractivity contribution is 5.71. The van der Waals surface area contributed by atoms with Gasteiger partial charge in [0.2, 0.25) is 0 Å². The first-order valence-corrected chi connectivity index (χ1v) is 7.91. The molecule has 0 aliphatic carbocycles. The molecule has 1 aromatic heterocycles. The molecule has 122 valence electrons. The number of hydrogen-bond acceptors (Lipinski definition) is 3. The fraction of sp³-hybridized carbons (Fsp3) is 0.211. The Bertz CT molecular complexity index is 895. The lowest BCUT2D eigenvalue weighted by atomic mass is 10.0. The summed E-state index contributed by atoms with van der Waals surface area (Å²) in [5.74, 6) is 0. The molecule has 0 saturated carbocycles. The van der Waals surface area contributed by atoms with E-state index in [1.54, 1.807) is 12.1 Å². The molecule has 0 spiro atoms. The second-order valence-corrected chi connectivity index (χ2v) is 5.79. The van der Waals surface area contributed by atoms with Crippen LogP contribution in [0, 0.1) is 24.0 Å². The summed E-state index contributed by atoms with van der Waals surface area (Å²) in [5.41, 5.74) is 5.94. The van der Waals surface area contributed by atoms with Gasteiger partial charge >= 0.3 is 0 Å². The third kappa shape index (κ3) is 2.80. The Morgan fingerprint density at radius 3 is 2.46 bits per heavy atom. The van der Waals surface area contributed by atoms with Crippen LogP contribution in [0.25, 0.3) is 16.8 Å². The van der Waals surface area contributed by atoms with Gasteiger partial charge < -0.3 is 0 Å². The van der Waals surface area contributed by atoms with Gasteiger partial charge in [0.1, 0.15) is 0 Å². The second-order valence-electron chi connectivity index (χ2n) is 5.79. The smallest absolute Gasteiger partial charge is 0.258 e. The molecule has 3 rings (SSSR count). The number of nitro benzene ring substituents is 1. The van der Waals surface area contributed by atoms with Crippen molar-refractivity contribution in [3.63, 3.8) is 0 Å². The van der Waals surface area contributed by atoms with Gasteiger partial charge in [0.15, 0.2) is 0 Å². The summed E-state index contributed by atoms with van der Waals surface area (Å²) in [6.07, 6.45) is 0.996. The van der Waals surface area contributed by atoms with Gasteiger partial charge in [-0.2, -0.15) is 5.10 Å². The second kappa shape index (κ2) is 6.28. The van der Waals surface area contributed by atoms with Crippen LogP contribution in [0.1, 0.15) is 23.9 Å². The summed E-state index contributed by atoms with van der Waals surface area (Å²) in [4.78, 5) is 10.7. The average molecular weight is 321 g/mol. The van der Waals surface area contributed by atoms with Crippen LogP contribution in [-0.4, -0.2) is 14.7 Å². The lowest BCUT2D eigenvalue weighted by Crippen LogP contribution is -1.99. The number of nitro groups is 1. The predicted molar refractivity (Wildman–Crippen MR) is 94.5 cm³/mol. The predicted octanol–water partition coefficient (Wildman–Crippen LogP) is 4.63. The number of aryl methyl sites for hydroxylation is 2. The van der Waals surface area contributed by atoms with Crippen molar-refractivity contribution in [1.29, 1.82) is 0 Å². The van der Waals surface area contributed by atoms with E-state index in [0.29, 0.717) is 0 Å². The molecule has 0 aliphatic heterocycles. The molecule has 3 aromatic rings. The minimum Gasteiger partial charge on any atom is -0.258 e. The van der Waals surface area contributed by atoms with E-state index in [9.17, 15) is 10.1 Å². The molecule has 0 unspecified atom stereocenters. The zero-order chi connectivity index (χ0) is 17.3. The van der Waals surface area contributed by atoms with Gasteiger partial charge in [-0.25, -0.2) is 4.68 Å². The van der Waals surface area contributed by atoms with Gasteiger partial charge in [-0.3, -0.25) is 10.1 Å². The van der Waals surface area contributed by atoms with Crippen LogP contribution in [0.2, 0.25) is 0 Å². The van der Waals surface area contributed by atoms with Crippen LogP contribution in [0.15, 0.2) is 48.5 Å². The van der Waals surface area contributed by atoms with Gasteiger partial charge in [-0.1, -0.05) is 31.2 Å². The Hall–Kier alpha value is -2.95. The molecular formula is C19H19N3O2. The summed E-state index contributed by atoms with van der Waals surface area (Å²) in [7, 11) is 0. The summed E-state index contributed by atoms with van der Waals surface area (Å²) in [5, 5.41) is 15.7. The molecule has 0 fully saturated rings. The van der Waals surface area contributed by atoms with Crippen molar-refractivity contribution in [2.24, 2.45) is 0 Å². The Balaban J connectivity index is 2.09. The van der Waals surface area contributed by atoms with Crippen LogP contribution in [0.4, 0.5) is 5.69 Å². The van der Waals surface area contributed by atoms with E-state index in [0.717, 1.165) is 34.6 Å². The minimum atomic E-state index is -0.373. The molecule has 24 heavy (non-hydrogen) atoms. The molecule has 0 N–H and O–H groups in total. The van der Waals surface area contributed by atoms with Crippen molar-refractivity contribution in [3.05, 3.63) is 75.6 Å². The van der Waals surface area contributed by atoms with Crippen molar-refractivity contribution in [2.45, 2.75) is 27.2 Å². The highest BCUT2D eigenvalue weighted by Gasteiger charge is 2.16. The number of hydrogen-bond donors (Lipinski definition) is 0. The molecule has 0 aliphatic rings. The normalized spacial score (nSPS) is 10.8. The third-order valence-electron chi connectivity index (χ3n) is 4.23. The van der Waals surface area contributed by atoms with Crippen molar-refractivity contribution in [3.8, 4) is 16.8 Å². The maximum Gasteiger partial charge on any atom is 0.270 e. The molecule has 2 aromatic carbocycles. The van der Waals surface area contributed by atoms with Crippen LogP contribution in [-0.2, 0) is 6.42 Å². The Morgan fingerprint density at radius 2 is 1.83 bits per heavy atom. The van der Waals surface area contributed by atoms with E-state index in [1.165, 1.54) is 11.6 Å². The van der Waals surface area contributed by atoms with Gasteiger partial charge in [0.25, 0.3) is 5.69 Å². The number of benzene rings is 2. The SMILES string of the molecule is CCc1ccc(-n2nc(C)c(-c3cccc([N+](=O)[O-])c3)c2C)cc1. The van der Waals surface area contributed by atoms with Crippen LogP contribution >= 0.6 is 0 Å². The molecule has 1 heterocycles. The monoisotopic (exact) mass is 321 g/mol. The fourth-order valence-electron chi connectivity index (χ4n) is 2.96. The number of aromatic nitrogens is 2. The van der Waals surface area contributed by atoms with Crippen LogP contribution < -0.4 is 0 Å². The summed E-state index contributed by atoms with van der Waals surface area (Å²) in [6, 6.07) is 15.0. The number of non-ortho nitro benzene ring substituents is 1. The Labute approximate surface area is 140 Å². The van der Waals surface area contributed by atoms with Crippen molar-refractivity contribution in [2.75, 3.05) is 0 Å². The molecule has 0 amide bonds. The molecule has 0 atom stereocenters. The average Bonchev–Trinajstić information content (AvgIpc) is 2.89. The molecule has 0 radical (unpaired) electrons. The molecular weight excluding hydrogens is 302 g/mol. The van der Waals surface area contributed by atoms with E-state index < -0.39 is 0 Å². The van der Waals surface area contributed by atoms with Crippen LogP contribution in [0.3, 0.4) is 0 Å². The minimum absolute atomic E-state index is 0.0892. The highest BCUT2D eigenvalue weighted by Crippen LogP contribution is 2.30. The van der Waals surface area contributed by atoms with Gasteiger partial charge in [-0.15, -0.1) is 0 Å². The van der Waals surface area contributed by atoms with Gasteiger partial charge in [0, 0.05) is 23.4 Å². The van der Waals surface area contributed by atoms with E-state index >= 15 is 0 Å².